The molecule has 1 aromatic carbocycles. The van der Waals surface area contributed by atoms with Crippen LogP contribution < -0.4 is 10.6 Å². The molecule has 2 heterocycles. The van der Waals surface area contributed by atoms with E-state index in [0.29, 0.717) is 25.1 Å². The number of hydrogen-bond acceptors (Lipinski definition) is 4. The number of carbonyl (C=O) groups is 1. The van der Waals surface area contributed by atoms with Crippen LogP contribution in [0.2, 0.25) is 0 Å². The van der Waals surface area contributed by atoms with Crippen LogP contribution in [0.25, 0.3) is 0 Å². The van der Waals surface area contributed by atoms with E-state index < -0.39 is 0 Å². The molecule has 3 rings (SSSR count). The maximum Gasteiger partial charge on any atom is 0.407 e. The van der Waals surface area contributed by atoms with Crippen LogP contribution in [0.5, 0.6) is 0 Å². The molecule has 2 saturated heterocycles. The van der Waals surface area contributed by atoms with E-state index in [1.165, 1.54) is 6.42 Å². The van der Waals surface area contributed by atoms with Crippen molar-refractivity contribution in [3.8, 4) is 0 Å². The Morgan fingerprint density at radius 2 is 2.14 bits per heavy atom. The highest BCUT2D eigenvalue weighted by atomic mass is 16.5. The van der Waals surface area contributed by atoms with Crippen molar-refractivity contribution in [3.63, 3.8) is 0 Å². The predicted octanol–water partition coefficient (Wildman–Crippen LogP) is 1.21. The van der Waals surface area contributed by atoms with Gasteiger partial charge in [0.05, 0.1) is 0 Å². The van der Waals surface area contributed by atoms with Crippen molar-refractivity contribution in [2.24, 2.45) is 5.92 Å². The van der Waals surface area contributed by atoms with Gasteiger partial charge in [-0.05, 0) is 18.5 Å². The quantitative estimate of drug-likeness (QED) is 0.855. The number of alkyl carbamates (subject to hydrolysis) is 1. The number of hydrogen-bond donors (Lipinski definition) is 2. The van der Waals surface area contributed by atoms with Crippen molar-refractivity contribution >= 4 is 6.09 Å². The summed E-state index contributed by atoms with van der Waals surface area (Å²) in [5.41, 5.74) is 1.01. The average Bonchev–Trinajstić information content (AvgIpc) is 2.98. The first-order valence-corrected chi connectivity index (χ1v) is 7.70. The van der Waals surface area contributed by atoms with E-state index in [0.717, 1.165) is 31.7 Å². The Balaban J connectivity index is 1.28. The van der Waals surface area contributed by atoms with E-state index in [2.05, 4.69) is 15.5 Å². The molecule has 5 nitrogen and oxygen atoms in total. The summed E-state index contributed by atoms with van der Waals surface area (Å²) in [6.45, 7) is 5.47. The molecule has 0 saturated carbocycles. The normalized spacial score (nSPS) is 22.8. The number of nitrogens with zero attached hydrogens (tertiary/aromatic N) is 1. The maximum atomic E-state index is 11.6. The Morgan fingerprint density at radius 1 is 1.33 bits per heavy atom. The zero-order chi connectivity index (χ0) is 14.5. The number of likely N-dealkylation sites (tertiary alicyclic amines) is 1. The van der Waals surface area contributed by atoms with Crippen molar-refractivity contribution in [2.75, 3.05) is 32.7 Å². The zero-order valence-electron chi connectivity index (χ0n) is 12.3. The third-order valence-electron chi connectivity index (χ3n) is 4.28. The molecule has 0 aliphatic carbocycles. The molecule has 0 bridgehead atoms. The molecule has 1 aromatic rings. The van der Waals surface area contributed by atoms with Crippen molar-refractivity contribution < 1.29 is 9.53 Å². The highest BCUT2D eigenvalue weighted by Gasteiger charge is 2.33. The standard InChI is InChI=1S/C16H23N3O2/c20-16(21-12-13-4-2-1-3-5-13)18-8-14-10-19(11-14)15-6-7-17-9-15/h1-5,14-15,17H,6-12H2,(H,18,20)/t15-/m0/s1. The largest absolute Gasteiger partial charge is 0.445 e. The molecule has 21 heavy (non-hydrogen) atoms. The maximum absolute atomic E-state index is 11.6. The number of rotatable bonds is 5. The fraction of sp³-hybridized carbons (Fsp3) is 0.562. The van der Waals surface area contributed by atoms with E-state index in [9.17, 15) is 4.79 Å². The first-order chi connectivity index (χ1) is 10.3. The Hall–Kier alpha value is -1.59. The Bertz CT molecular complexity index is 454. The lowest BCUT2D eigenvalue weighted by molar-refractivity contribution is 0.0584. The summed E-state index contributed by atoms with van der Waals surface area (Å²) in [6, 6.07) is 10.4. The fourth-order valence-corrected chi connectivity index (χ4v) is 2.99. The minimum atomic E-state index is -0.320. The molecule has 0 aromatic heterocycles. The summed E-state index contributed by atoms with van der Waals surface area (Å²) in [5, 5.41) is 6.25. The van der Waals surface area contributed by atoms with Gasteiger partial charge in [0.25, 0.3) is 0 Å². The molecule has 2 N–H and O–H groups in total. The summed E-state index contributed by atoms with van der Waals surface area (Å²) >= 11 is 0. The molecule has 2 aliphatic rings. The Kier molecular flexibility index (Phi) is 4.72. The van der Waals surface area contributed by atoms with Crippen LogP contribution in [0.1, 0.15) is 12.0 Å². The van der Waals surface area contributed by atoms with Crippen LogP contribution in [-0.4, -0.2) is 49.8 Å². The van der Waals surface area contributed by atoms with Crippen molar-refractivity contribution in [2.45, 2.75) is 19.1 Å². The van der Waals surface area contributed by atoms with Crippen LogP contribution in [0, 0.1) is 5.92 Å². The lowest BCUT2D eigenvalue weighted by Gasteiger charge is -2.43. The van der Waals surface area contributed by atoms with Crippen LogP contribution in [0.15, 0.2) is 30.3 Å². The minimum Gasteiger partial charge on any atom is -0.445 e. The summed E-state index contributed by atoms with van der Waals surface area (Å²) < 4.78 is 5.20. The van der Waals surface area contributed by atoms with Gasteiger partial charge in [0.1, 0.15) is 6.61 Å². The molecule has 0 radical (unpaired) electrons. The van der Waals surface area contributed by atoms with Gasteiger partial charge in [-0.25, -0.2) is 4.79 Å². The average molecular weight is 289 g/mol. The van der Waals surface area contributed by atoms with Gasteiger partial charge in [0, 0.05) is 38.1 Å². The zero-order valence-corrected chi connectivity index (χ0v) is 12.3. The van der Waals surface area contributed by atoms with Crippen molar-refractivity contribution in [3.05, 3.63) is 35.9 Å². The summed E-state index contributed by atoms with van der Waals surface area (Å²) in [4.78, 5) is 14.1. The second-order valence-electron chi connectivity index (χ2n) is 5.91. The van der Waals surface area contributed by atoms with Crippen LogP contribution in [0.4, 0.5) is 4.79 Å². The lowest BCUT2D eigenvalue weighted by Crippen LogP contribution is -2.55. The first kappa shape index (κ1) is 14.4. The summed E-state index contributed by atoms with van der Waals surface area (Å²) in [6.07, 6.45) is 0.930. The number of amides is 1. The van der Waals surface area contributed by atoms with Gasteiger partial charge in [-0.1, -0.05) is 30.3 Å². The summed E-state index contributed by atoms with van der Waals surface area (Å²) in [5.74, 6) is 0.565. The van der Waals surface area contributed by atoms with Crippen molar-refractivity contribution in [1.29, 1.82) is 0 Å². The molecule has 5 heteroatoms. The SMILES string of the molecule is O=C(NCC1CN([C@H]2CCNC2)C1)OCc1ccccc1. The minimum absolute atomic E-state index is 0.320. The van der Waals surface area contributed by atoms with E-state index in [-0.39, 0.29) is 6.09 Å². The van der Waals surface area contributed by atoms with E-state index in [1.54, 1.807) is 0 Å². The smallest absolute Gasteiger partial charge is 0.407 e. The number of carbonyl (C=O) groups excluding carboxylic acids is 1. The topological polar surface area (TPSA) is 53.6 Å². The molecule has 1 amide bonds. The van der Waals surface area contributed by atoms with Crippen molar-refractivity contribution in [1.82, 2.24) is 15.5 Å². The Morgan fingerprint density at radius 3 is 2.86 bits per heavy atom. The second-order valence-corrected chi connectivity index (χ2v) is 5.91. The molecule has 0 spiro atoms. The van der Waals surface area contributed by atoms with Crippen LogP contribution in [-0.2, 0) is 11.3 Å². The molecule has 1 atom stereocenters. The third kappa shape index (κ3) is 3.95. The van der Waals surface area contributed by atoms with E-state index in [4.69, 9.17) is 4.74 Å². The van der Waals surface area contributed by atoms with Crippen LogP contribution >= 0.6 is 0 Å². The number of nitrogens with one attached hydrogen (secondary N) is 2. The lowest BCUT2D eigenvalue weighted by atomic mass is 9.97. The number of benzene rings is 1. The molecule has 2 fully saturated rings. The monoisotopic (exact) mass is 289 g/mol. The molecular formula is C16H23N3O2. The van der Waals surface area contributed by atoms with E-state index in [1.807, 2.05) is 30.3 Å². The first-order valence-electron chi connectivity index (χ1n) is 7.70. The van der Waals surface area contributed by atoms with Gasteiger partial charge in [-0.3, -0.25) is 4.90 Å². The molecule has 0 unspecified atom stereocenters. The van der Waals surface area contributed by atoms with Gasteiger partial charge in [0.15, 0.2) is 0 Å². The number of ether oxygens (including phenoxy) is 1. The predicted molar refractivity (Wildman–Crippen MR) is 81.0 cm³/mol. The highest BCUT2D eigenvalue weighted by Crippen LogP contribution is 2.21. The molecule has 114 valence electrons. The van der Waals surface area contributed by atoms with Gasteiger partial charge in [-0.2, -0.15) is 0 Å². The van der Waals surface area contributed by atoms with Gasteiger partial charge in [-0.15, -0.1) is 0 Å². The van der Waals surface area contributed by atoms with Crippen LogP contribution in [0.3, 0.4) is 0 Å². The highest BCUT2D eigenvalue weighted by molar-refractivity contribution is 5.67. The second kappa shape index (κ2) is 6.91. The molecule has 2 aliphatic heterocycles. The van der Waals surface area contributed by atoms with E-state index >= 15 is 0 Å². The molecular weight excluding hydrogens is 266 g/mol. The van der Waals surface area contributed by atoms with Gasteiger partial charge in [0.2, 0.25) is 0 Å². The fourth-order valence-electron chi connectivity index (χ4n) is 2.99. The van der Waals surface area contributed by atoms with Gasteiger partial charge < -0.3 is 15.4 Å². The van der Waals surface area contributed by atoms with Gasteiger partial charge >= 0.3 is 6.09 Å². The third-order valence-corrected chi connectivity index (χ3v) is 4.28. The summed E-state index contributed by atoms with van der Waals surface area (Å²) in [7, 11) is 0. The Labute approximate surface area is 125 Å².